The number of benzene rings is 2. The molecular formula is C21H14F4N4O4. The Morgan fingerprint density at radius 2 is 1.61 bits per heavy atom. The number of H-pyrrole nitrogens is 1. The lowest BCUT2D eigenvalue weighted by Crippen LogP contribution is -2.62. The highest BCUT2D eigenvalue weighted by atomic mass is 19.4. The van der Waals surface area contributed by atoms with Crippen molar-refractivity contribution < 1.29 is 27.2 Å². The Balaban J connectivity index is 1.96. The molecule has 8 nitrogen and oxygen atoms in total. The number of aromatic amines is 1. The van der Waals surface area contributed by atoms with Gasteiger partial charge in [-0.25, -0.2) is 13.8 Å². The quantitative estimate of drug-likeness (QED) is 0.518. The van der Waals surface area contributed by atoms with Gasteiger partial charge in [-0.1, -0.05) is 17.7 Å². The molecule has 1 aromatic heterocycles. The van der Waals surface area contributed by atoms with E-state index in [0.717, 1.165) is 29.8 Å². The number of nitrogens with one attached hydrogen (secondary N) is 3. The van der Waals surface area contributed by atoms with Crippen molar-refractivity contribution in [2.75, 3.05) is 5.32 Å². The summed E-state index contributed by atoms with van der Waals surface area (Å²) in [6.45, 7) is 1.74. The summed E-state index contributed by atoms with van der Waals surface area (Å²) in [4.78, 5) is 52.2. The van der Waals surface area contributed by atoms with E-state index in [-0.39, 0.29) is 11.3 Å². The van der Waals surface area contributed by atoms with Crippen molar-refractivity contribution in [3.63, 3.8) is 0 Å². The maximum Gasteiger partial charge on any atom is 0.425 e. The van der Waals surface area contributed by atoms with Gasteiger partial charge in [0.05, 0.1) is 5.69 Å². The second-order valence-corrected chi connectivity index (χ2v) is 7.32. The number of aromatic nitrogens is 2. The second-order valence-electron chi connectivity index (χ2n) is 7.32. The molecule has 1 aliphatic heterocycles. The third-order valence-corrected chi connectivity index (χ3v) is 5.18. The fourth-order valence-electron chi connectivity index (χ4n) is 3.56. The van der Waals surface area contributed by atoms with Crippen LogP contribution in [-0.2, 0) is 10.3 Å². The monoisotopic (exact) mass is 462 g/mol. The Kier molecular flexibility index (Phi) is 4.95. The Morgan fingerprint density at radius 3 is 2.18 bits per heavy atom. The normalized spacial score (nSPS) is 17.4. The summed E-state index contributed by atoms with van der Waals surface area (Å²) < 4.78 is 57.0. The number of carbonyl (C=O) groups excluding carboxylic acids is 2. The van der Waals surface area contributed by atoms with Crippen LogP contribution in [0.2, 0.25) is 0 Å². The predicted molar refractivity (Wildman–Crippen MR) is 108 cm³/mol. The highest BCUT2D eigenvalue weighted by Crippen LogP contribution is 2.45. The molecule has 0 aliphatic carbocycles. The van der Waals surface area contributed by atoms with Crippen LogP contribution in [-0.4, -0.2) is 27.5 Å². The third-order valence-electron chi connectivity index (χ3n) is 5.18. The maximum absolute atomic E-state index is 14.4. The third kappa shape index (κ3) is 3.39. The molecule has 0 fully saturated rings. The average Bonchev–Trinajstić information content (AvgIpc) is 3.03. The molecule has 4 rings (SSSR count). The van der Waals surface area contributed by atoms with Gasteiger partial charge in [0.15, 0.2) is 0 Å². The topological polar surface area (TPSA) is 113 Å². The Bertz CT molecular complexity index is 1390. The van der Waals surface area contributed by atoms with Gasteiger partial charge in [0, 0.05) is 5.56 Å². The van der Waals surface area contributed by atoms with Gasteiger partial charge in [-0.05, 0) is 43.3 Å². The first kappa shape index (κ1) is 22.0. The van der Waals surface area contributed by atoms with Gasteiger partial charge in [-0.3, -0.25) is 19.4 Å². The van der Waals surface area contributed by atoms with Crippen molar-refractivity contribution in [2.24, 2.45) is 0 Å². The minimum Gasteiger partial charge on any atom is -0.326 e. The molecule has 2 amide bonds. The van der Waals surface area contributed by atoms with E-state index in [9.17, 15) is 36.7 Å². The van der Waals surface area contributed by atoms with Crippen LogP contribution in [0.3, 0.4) is 0 Å². The molecule has 3 N–H and O–H groups in total. The lowest BCUT2D eigenvalue weighted by Gasteiger charge is -2.30. The van der Waals surface area contributed by atoms with E-state index < -0.39 is 52.0 Å². The number of aryl methyl sites for hydroxylation is 1. The number of nitrogens with zero attached hydrogens (tertiary/aromatic N) is 1. The molecule has 1 aliphatic rings. The van der Waals surface area contributed by atoms with Crippen molar-refractivity contribution in [2.45, 2.75) is 18.6 Å². The number of halogens is 4. The highest BCUT2D eigenvalue weighted by Gasteiger charge is 2.68. The van der Waals surface area contributed by atoms with Gasteiger partial charge in [-0.2, -0.15) is 13.2 Å². The number of alkyl halides is 3. The summed E-state index contributed by atoms with van der Waals surface area (Å²) >= 11 is 0. The van der Waals surface area contributed by atoms with Crippen molar-refractivity contribution in [1.29, 1.82) is 0 Å². The molecule has 0 bridgehead atoms. The molecule has 0 radical (unpaired) electrons. The van der Waals surface area contributed by atoms with Crippen LogP contribution in [0.15, 0.2) is 58.1 Å². The van der Waals surface area contributed by atoms with Crippen LogP contribution >= 0.6 is 0 Å². The van der Waals surface area contributed by atoms with E-state index in [1.165, 1.54) is 12.1 Å². The first-order valence-electron chi connectivity index (χ1n) is 9.39. The van der Waals surface area contributed by atoms with Crippen LogP contribution in [0.25, 0.3) is 5.69 Å². The van der Waals surface area contributed by atoms with Gasteiger partial charge in [0.25, 0.3) is 22.9 Å². The molecule has 33 heavy (non-hydrogen) atoms. The van der Waals surface area contributed by atoms with Gasteiger partial charge < -0.3 is 10.6 Å². The molecule has 0 spiro atoms. The van der Waals surface area contributed by atoms with Crippen LogP contribution in [0.4, 0.5) is 23.4 Å². The first-order valence-corrected chi connectivity index (χ1v) is 9.39. The van der Waals surface area contributed by atoms with Crippen molar-refractivity contribution in [1.82, 2.24) is 14.9 Å². The standard InChI is InChI=1S/C21H14F4N4O4/c1-10-2-8-13(9-3-10)29-15-14(17(31)27-19(29)33)20(18(32)26-15,21(23,24)25)28-16(30)11-4-6-12(22)7-5-11/h2-9H,1H3,(H,26,32)(H,28,30)(H,27,31,33). The van der Waals surface area contributed by atoms with Crippen LogP contribution in [0.1, 0.15) is 21.5 Å². The molecular weight excluding hydrogens is 448 g/mol. The highest BCUT2D eigenvalue weighted by molar-refractivity contribution is 6.09. The molecule has 170 valence electrons. The van der Waals surface area contributed by atoms with E-state index in [4.69, 9.17) is 0 Å². The average molecular weight is 462 g/mol. The number of amides is 2. The second kappa shape index (κ2) is 7.43. The summed E-state index contributed by atoms with van der Waals surface area (Å²) in [5.74, 6) is -4.63. The number of carbonyl (C=O) groups is 2. The van der Waals surface area contributed by atoms with E-state index in [0.29, 0.717) is 4.57 Å². The van der Waals surface area contributed by atoms with Crippen molar-refractivity contribution >= 4 is 17.6 Å². The SMILES string of the molecule is Cc1ccc(-n2c3c(c(=O)[nH]c2=O)C(NC(=O)c2ccc(F)cc2)(C(F)(F)F)C(=O)N3)cc1. The van der Waals surface area contributed by atoms with E-state index in [1.807, 2.05) is 5.32 Å². The fourth-order valence-corrected chi connectivity index (χ4v) is 3.56. The number of fused-ring (bicyclic) bond motifs is 1. The smallest absolute Gasteiger partial charge is 0.326 e. The zero-order chi connectivity index (χ0) is 24.1. The molecule has 1 unspecified atom stereocenters. The lowest BCUT2D eigenvalue weighted by atomic mass is 9.91. The van der Waals surface area contributed by atoms with Crippen LogP contribution in [0.5, 0.6) is 0 Å². The zero-order valence-corrected chi connectivity index (χ0v) is 16.7. The Morgan fingerprint density at radius 1 is 1.00 bits per heavy atom. The van der Waals surface area contributed by atoms with E-state index in [1.54, 1.807) is 29.4 Å². The summed E-state index contributed by atoms with van der Waals surface area (Å²) in [7, 11) is 0. The molecule has 0 saturated heterocycles. The number of anilines is 1. The lowest BCUT2D eigenvalue weighted by molar-refractivity contribution is -0.196. The Hall–Kier alpha value is -4.22. The van der Waals surface area contributed by atoms with E-state index >= 15 is 0 Å². The van der Waals surface area contributed by atoms with Crippen LogP contribution < -0.4 is 21.9 Å². The number of hydrogen-bond acceptors (Lipinski definition) is 4. The number of rotatable bonds is 3. The van der Waals surface area contributed by atoms with Crippen molar-refractivity contribution in [3.05, 3.63) is 91.9 Å². The van der Waals surface area contributed by atoms with Crippen molar-refractivity contribution in [3.8, 4) is 5.69 Å². The molecule has 0 saturated carbocycles. The largest absolute Gasteiger partial charge is 0.425 e. The number of hydrogen-bond donors (Lipinski definition) is 3. The van der Waals surface area contributed by atoms with Gasteiger partial charge >= 0.3 is 11.9 Å². The van der Waals surface area contributed by atoms with Gasteiger partial charge in [0.2, 0.25) is 0 Å². The van der Waals surface area contributed by atoms with Gasteiger partial charge in [-0.15, -0.1) is 0 Å². The minimum atomic E-state index is -5.49. The summed E-state index contributed by atoms with van der Waals surface area (Å²) in [5.41, 5.74) is -7.13. The summed E-state index contributed by atoms with van der Waals surface area (Å²) in [5, 5.41) is 3.52. The summed E-state index contributed by atoms with van der Waals surface area (Å²) in [6.07, 6.45) is -5.49. The molecule has 12 heteroatoms. The minimum absolute atomic E-state index is 0.0706. The van der Waals surface area contributed by atoms with Gasteiger partial charge in [0.1, 0.15) is 17.2 Å². The summed E-state index contributed by atoms with van der Waals surface area (Å²) in [6, 6.07) is 9.49. The maximum atomic E-state index is 14.4. The Labute approximate surface area is 181 Å². The molecule has 2 aromatic carbocycles. The molecule has 3 aromatic rings. The zero-order valence-electron chi connectivity index (χ0n) is 16.7. The van der Waals surface area contributed by atoms with Crippen LogP contribution in [0, 0.1) is 12.7 Å². The first-order chi connectivity index (χ1) is 15.5. The molecule has 1 atom stereocenters. The van der Waals surface area contributed by atoms with E-state index in [2.05, 4.69) is 0 Å². The molecule has 2 heterocycles. The fraction of sp³-hybridized carbons (Fsp3) is 0.143. The predicted octanol–water partition coefficient (Wildman–Crippen LogP) is 2.11.